The van der Waals surface area contributed by atoms with Crippen molar-refractivity contribution in [3.05, 3.63) is 23.4 Å². The van der Waals surface area contributed by atoms with E-state index in [2.05, 4.69) is 6.92 Å². The molecule has 0 saturated carbocycles. The molecule has 0 aromatic carbocycles. The molecule has 0 spiro atoms. The highest BCUT2D eigenvalue weighted by Gasteiger charge is 1.92. The van der Waals surface area contributed by atoms with Crippen molar-refractivity contribution in [1.29, 1.82) is 0 Å². The second kappa shape index (κ2) is 6.08. The molecule has 61 valence electrons. The van der Waals surface area contributed by atoms with Gasteiger partial charge in [-0.05, 0) is 19.4 Å². The number of hydrogen-bond donors (Lipinski definition) is 1. The van der Waals surface area contributed by atoms with Crippen molar-refractivity contribution in [2.75, 3.05) is 0 Å². The molecule has 0 aliphatic heterocycles. The first kappa shape index (κ1) is 10.3. The maximum Gasteiger partial charge on any atom is 0.147 e. The minimum Gasteiger partial charge on any atom is -0.509 e. The van der Waals surface area contributed by atoms with Gasteiger partial charge in [0.25, 0.3) is 0 Å². The van der Waals surface area contributed by atoms with Gasteiger partial charge in [0.15, 0.2) is 0 Å². The van der Waals surface area contributed by atoms with Crippen molar-refractivity contribution in [3.8, 4) is 0 Å². The molecule has 0 unspecified atom stereocenters. The van der Waals surface area contributed by atoms with Crippen LogP contribution in [0.25, 0.3) is 0 Å². The van der Waals surface area contributed by atoms with Gasteiger partial charge in [-0.3, -0.25) is 0 Å². The minimum atomic E-state index is 0.376. The highest BCUT2D eigenvalue weighted by molar-refractivity contribution is 6.43. The lowest BCUT2D eigenvalue weighted by molar-refractivity contribution is 0.429. The molecule has 0 amide bonds. The molecular formula is C9H16BO. The van der Waals surface area contributed by atoms with Gasteiger partial charge < -0.3 is 5.11 Å². The van der Waals surface area contributed by atoms with Crippen molar-refractivity contribution in [3.63, 3.8) is 0 Å². The monoisotopic (exact) mass is 151 g/mol. The summed E-state index contributed by atoms with van der Waals surface area (Å²) in [5.74, 6) is 0.376. The van der Waals surface area contributed by atoms with E-state index in [0.717, 1.165) is 18.3 Å². The molecule has 0 saturated heterocycles. The summed E-state index contributed by atoms with van der Waals surface area (Å²) in [6.45, 7) is 5.93. The van der Waals surface area contributed by atoms with Crippen LogP contribution in [0.4, 0.5) is 0 Å². The SMILES string of the molecule is C[B]/C(C)=C(O)/C=C\CCC. The van der Waals surface area contributed by atoms with Crippen LogP contribution in [0.1, 0.15) is 26.7 Å². The Morgan fingerprint density at radius 1 is 1.55 bits per heavy atom. The summed E-state index contributed by atoms with van der Waals surface area (Å²) in [5, 5.41) is 9.31. The molecule has 0 bridgehead atoms. The molecule has 0 aromatic heterocycles. The van der Waals surface area contributed by atoms with E-state index in [1.807, 2.05) is 27.1 Å². The normalized spacial score (nSPS) is 13.4. The molecule has 0 aliphatic carbocycles. The van der Waals surface area contributed by atoms with Gasteiger partial charge in [0, 0.05) is 0 Å². The van der Waals surface area contributed by atoms with E-state index in [-0.39, 0.29) is 0 Å². The third-order valence-corrected chi connectivity index (χ3v) is 1.57. The number of rotatable bonds is 4. The first-order chi connectivity index (χ1) is 5.22. The van der Waals surface area contributed by atoms with Crippen LogP contribution in [0.2, 0.25) is 6.82 Å². The first-order valence-corrected chi connectivity index (χ1v) is 4.08. The maximum absolute atomic E-state index is 9.31. The van der Waals surface area contributed by atoms with E-state index in [0.29, 0.717) is 5.76 Å². The quantitative estimate of drug-likeness (QED) is 0.372. The van der Waals surface area contributed by atoms with Gasteiger partial charge in [-0.1, -0.05) is 31.7 Å². The summed E-state index contributed by atoms with van der Waals surface area (Å²) in [4.78, 5) is 0. The van der Waals surface area contributed by atoms with Gasteiger partial charge in [0.05, 0.1) is 0 Å². The molecule has 0 aromatic rings. The van der Waals surface area contributed by atoms with Gasteiger partial charge >= 0.3 is 0 Å². The average molecular weight is 151 g/mol. The van der Waals surface area contributed by atoms with Crippen LogP contribution >= 0.6 is 0 Å². The van der Waals surface area contributed by atoms with E-state index in [1.54, 1.807) is 6.08 Å². The molecule has 1 N–H and O–H groups in total. The number of allylic oxidation sites excluding steroid dienone is 3. The molecule has 1 nitrogen and oxygen atoms in total. The second-order valence-corrected chi connectivity index (χ2v) is 2.55. The van der Waals surface area contributed by atoms with E-state index < -0.39 is 0 Å². The third-order valence-electron chi connectivity index (χ3n) is 1.57. The highest BCUT2D eigenvalue weighted by Crippen LogP contribution is 2.01. The summed E-state index contributed by atoms with van der Waals surface area (Å²) < 4.78 is 0. The van der Waals surface area contributed by atoms with Crippen molar-refractivity contribution in [2.45, 2.75) is 33.5 Å². The van der Waals surface area contributed by atoms with Gasteiger partial charge in [0.1, 0.15) is 13.0 Å². The summed E-state index contributed by atoms with van der Waals surface area (Å²) in [6.07, 6.45) is 5.90. The summed E-state index contributed by atoms with van der Waals surface area (Å²) >= 11 is 0. The highest BCUT2D eigenvalue weighted by atomic mass is 16.3. The number of unbranched alkanes of at least 4 members (excludes halogenated alkanes) is 1. The Kier molecular flexibility index (Phi) is 5.72. The van der Waals surface area contributed by atoms with E-state index >= 15 is 0 Å². The van der Waals surface area contributed by atoms with Crippen LogP contribution in [-0.2, 0) is 0 Å². The van der Waals surface area contributed by atoms with Crippen LogP contribution in [0.15, 0.2) is 23.4 Å². The standard InChI is InChI=1S/C9H16BO/c1-4-5-6-7-9(11)8(2)10-3/h6-7,11H,4-5H2,1-3H3/b7-6-,9-8-. The molecule has 0 atom stereocenters. The van der Waals surface area contributed by atoms with Crippen LogP contribution in [-0.4, -0.2) is 12.4 Å². The molecule has 0 fully saturated rings. The van der Waals surface area contributed by atoms with Crippen LogP contribution in [0.5, 0.6) is 0 Å². The largest absolute Gasteiger partial charge is 0.509 e. The Bertz CT molecular complexity index is 159. The van der Waals surface area contributed by atoms with Crippen molar-refractivity contribution in [2.24, 2.45) is 0 Å². The topological polar surface area (TPSA) is 20.2 Å². The Labute approximate surface area is 70.1 Å². The molecule has 11 heavy (non-hydrogen) atoms. The predicted octanol–water partition coefficient (Wildman–Crippen LogP) is 2.88. The average Bonchev–Trinajstić information content (AvgIpc) is 2.03. The fourth-order valence-corrected chi connectivity index (χ4v) is 0.641. The minimum absolute atomic E-state index is 0.376. The van der Waals surface area contributed by atoms with Gasteiger partial charge in [-0.15, -0.1) is 0 Å². The second-order valence-electron chi connectivity index (χ2n) is 2.55. The third kappa shape index (κ3) is 4.71. The number of aliphatic hydroxyl groups is 1. The lowest BCUT2D eigenvalue weighted by atomic mass is 9.73. The zero-order valence-electron chi connectivity index (χ0n) is 7.59. The Balaban J connectivity index is 3.93. The molecule has 0 rings (SSSR count). The van der Waals surface area contributed by atoms with E-state index in [1.165, 1.54) is 0 Å². The lowest BCUT2D eigenvalue weighted by Gasteiger charge is -1.96. The fraction of sp³-hybridized carbons (Fsp3) is 0.556. The van der Waals surface area contributed by atoms with E-state index in [9.17, 15) is 5.11 Å². The Hall–Kier alpha value is -0.655. The number of aliphatic hydroxyl groups excluding tert-OH is 1. The fourth-order valence-electron chi connectivity index (χ4n) is 0.641. The smallest absolute Gasteiger partial charge is 0.147 e. The van der Waals surface area contributed by atoms with Crippen molar-refractivity contribution >= 4 is 7.28 Å². The Morgan fingerprint density at radius 3 is 2.64 bits per heavy atom. The maximum atomic E-state index is 9.31. The summed E-state index contributed by atoms with van der Waals surface area (Å²) in [6, 6.07) is 0. The van der Waals surface area contributed by atoms with E-state index in [4.69, 9.17) is 0 Å². The summed E-state index contributed by atoms with van der Waals surface area (Å²) in [7, 11) is 1.89. The molecule has 2 heteroatoms. The predicted molar refractivity (Wildman–Crippen MR) is 51.0 cm³/mol. The zero-order valence-corrected chi connectivity index (χ0v) is 7.59. The van der Waals surface area contributed by atoms with Crippen LogP contribution in [0.3, 0.4) is 0 Å². The number of hydrogen-bond acceptors (Lipinski definition) is 1. The first-order valence-electron chi connectivity index (χ1n) is 4.08. The Morgan fingerprint density at radius 2 is 2.18 bits per heavy atom. The van der Waals surface area contributed by atoms with Crippen LogP contribution < -0.4 is 0 Å². The zero-order chi connectivity index (χ0) is 8.69. The molecule has 0 aliphatic rings. The van der Waals surface area contributed by atoms with Gasteiger partial charge in [-0.2, -0.15) is 0 Å². The van der Waals surface area contributed by atoms with Crippen LogP contribution in [0, 0.1) is 0 Å². The van der Waals surface area contributed by atoms with Crippen molar-refractivity contribution in [1.82, 2.24) is 0 Å². The van der Waals surface area contributed by atoms with Gasteiger partial charge in [-0.25, -0.2) is 0 Å². The lowest BCUT2D eigenvalue weighted by Crippen LogP contribution is -1.89. The van der Waals surface area contributed by atoms with Crippen molar-refractivity contribution < 1.29 is 5.11 Å². The summed E-state index contributed by atoms with van der Waals surface area (Å²) in [5.41, 5.74) is 0.928. The van der Waals surface area contributed by atoms with Gasteiger partial charge in [0.2, 0.25) is 0 Å². The molecular weight excluding hydrogens is 135 g/mol. The molecule has 0 heterocycles. The molecule has 1 radical (unpaired) electrons.